The minimum Gasteiger partial charge on any atom is -0.508 e. The van der Waals surface area contributed by atoms with Gasteiger partial charge in [-0.2, -0.15) is 6.08 Å². The molecular formula is C25H44Cl2OSiTi-. The normalized spacial score (nSPS) is 12.6. The predicted molar refractivity (Wildman–Crippen MR) is 139 cm³/mol. The number of aromatic hydroxyl groups is 1. The molecule has 0 fully saturated rings. The molecule has 0 saturated carbocycles. The van der Waals surface area contributed by atoms with Crippen molar-refractivity contribution < 1.29 is 26.8 Å². The first-order chi connectivity index (χ1) is 12.1. The Bertz CT molecular complexity index is 616. The summed E-state index contributed by atoms with van der Waals surface area (Å²) < 4.78 is 0. The van der Waals surface area contributed by atoms with Gasteiger partial charge in [0.1, 0.15) is 5.75 Å². The first-order valence-electron chi connectivity index (χ1n) is 9.99. The fourth-order valence-corrected chi connectivity index (χ4v) is 2.40. The molecule has 1 nitrogen and oxygen atoms in total. The van der Waals surface area contributed by atoms with Crippen LogP contribution in [0, 0.1) is 11.5 Å². The van der Waals surface area contributed by atoms with Gasteiger partial charge in [-0.05, 0) is 39.5 Å². The molecule has 0 amide bonds. The van der Waals surface area contributed by atoms with Gasteiger partial charge in [0.05, 0.1) is 0 Å². The van der Waals surface area contributed by atoms with Crippen LogP contribution in [0.25, 0.3) is 0 Å². The van der Waals surface area contributed by atoms with Crippen LogP contribution in [0.5, 0.6) is 5.75 Å². The van der Waals surface area contributed by atoms with Gasteiger partial charge in [0.25, 0.3) is 0 Å². The Labute approximate surface area is 217 Å². The first kappa shape index (κ1) is 37.3. The molecule has 1 N–H and O–H groups in total. The van der Waals surface area contributed by atoms with Gasteiger partial charge in [0, 0.05) is 31.2 Å². The van der Waals surface area contributed by atoms with Crippen LogP contribution in [0.15, 0.2) is 35.9 Å². The second kappa shape index (κ2) is 15.8. The quantitative estimate of drug-likeness (QED) is 0.278. The van der Waals surface area contributed by atoms with Crippen molar-refractivity contribution in [3.63, 3.8) is 0 Å². The van der Waals surface area contributed by atoms with E-state index in [1.165, 1.54) is 16.7 Å². The number of benzene rings is 1. The van der Waals surface area contributed by atoms with E-state index in [0.717, 1.165) is 15.9 Å². The van der Waals surface area contributed by atoms with E-state index in [4.69, 9.17) is 0 Å². The molecule has 5 heteroatoms. The predicted octanol–water partition coefficient (Wildman–Crippen LogP) is 8.07. The van der Waals surface area contributed by atoms with E-state index >= 15 is 0 Å². The number of phenolic OH excluding ortho intramolecular Hbond substituents is 1. The summed E-state index contributed by atoms with van der Waals surface area (Å²) in [6.07, 6.45) is 8.63. The van der Waals surface area contributed by atoms with Crippen LogP contribution in [0.1, 0.15) is 79.9 Å². The molecule has 0 aliphatic heterocycles. The fraction of sp³-hybridized carbons (Fsp3) is 0.600. The average molecular weight is 507 g/mol. The zero-order chi connectivity index (χ0) is 21.5. The minimum atomic E-state index is 0. The summed E-state index contributed by atoms with van der Waals surface area (Å²) in [4.78, 5) is 0. The number of allylic oxidation sites excluding steroid dienone is 4. The monoisotopic (exact) mass is 506 g/mol. The molecule has 1 aliphatic carbocycles. The van der Waals surface area contributed by atoms with E-state index in [-0.39, 0.29) is 57.4 Å². The van der Waals surface area contributed by atoms with Crippen molar-refractivity contribution in [2.24, 2.45) is 5.41 Å². The summed E-state index contributed by atoms with van der Waals surface area (Å²) in [6, 6.07) is 5.91. The standard InChI is InChI=1S/C14H22O.C9H13.C2H7Si.2ClH.Ti/c1-13(2,3)10-7-11(14(4,5)6)9-12(15)8-10;1-9(2,3)8-6-4-5-7-8;1-3-2;;;/h7-9,15H,1-6H3;4,6H,5H2,1-3H3;3H,1-2H3;2*1H;/q;-1;;;;. The molecule has 1 aromatic rings. The molecular weight excluding hydrogens is 463 g/mol. The van der Waals surface area contributed by atoms with Crippen molar-refractivity contribution in [1.82, 2.24) is 0 Å². The Kier molecular flexibility index (Phi) is 19.6. The Morgan fingerprint density at radius 2 is 1.13 bits per heavy atom. The Morgan fingerprint density at radius 1 is 0.767 bits per heavy atom. The molecule has 173 valence electrons. The minimum absolute atomic E-state index is 0. The summed E-state index contributed by atoms with van der Waals surface area (Å²) >= 11 is 0. The summed E-state index contributed by atoms with van der Waals surface area (Å²) in [7, 11) is 0.750. The molecule has 0 atom stereocenters. The van der Waals surface area contributed by atoms with E-state index in [1.54, 1.807) is 0 Å². The van der Waals surface area contributed by atoms with Crippen LogP contribution in [-0.4, -0.2) is 14.6 Å². The topological polar surface area (TPSA) is 20.2 Å². The summed E-state index contributed by atoms with van der Waals surface area (Å²) in [5.74, 6) is 0.368. The van der Waals surface area contributed by atoms with Gasteiger partial charge in [-0.15, -0.1) is 31.2 Å². The van der Waals surface area contributed by atoms with Gasteiger partial charge in [-0.3, -0.25) is 6.08 Å². The zero-order valence-electron chi connectivity index (χ0n) is 20.9. The van der Waals surface area contributed by atoms with Crippen molar-refractivity contribution in [3.05, 3.63) is 53.1 Å². The Hall–Kier alpha value is 0.0112. The van der Waals surface area contributed by atoms with Crippen molar-refractivity contribution in [2.45, 2.75) is 92.7 Å². The third-order valence-corrected chi connectivity index (χ3v) is 4.15. The van der Waals surface area contributed by atoms with Crippen molar-refractivity contribution >= 4 is 34.3 Å². The van der Waals surface area contributed by atoms with E-state index in [0.29, 0.717) is 11.2 Å². The number of halogens is 2. The van der Waals surface area contributed by atoms with Crippen molar-refractivity contribution in [3.8, 4) is 5.75 Å². The SMILES string of the molecule is CC(C)(C)C1=[C-]CC=C1.CC(C)(C)c1cc(O)cc(C(C)(C)C)c1.C[SiH]C.Cl.Cl.[Ti]. The molecule has 2 rings (SSSR count). The third-order valence-electron chi connectivity index (χ3n) is 4.15. The molecule has 1 aromatic carbocycles. The van der Waals surface area contributed by atoms with Crippen molar-refractivity contribution in [1.29, 1.82) is 0 Å². The first-order valence-corrected chi connectivity index (χ1v) is 12.3. The maximum Gasteiger partial charge on any atom is 0.116 e. The maximum atomic E-state index is 9.72. The second-order valence-electron chi connectivity index (χ2n) is 10.3. The Morgan fingerprint density at radius 3 is 1.33 bits per heavy atom. The number of hydrogen-bond acceptors (Lipinski definition) is 1. The van der Waals surface area contributed by atoms with Crippen molar-refractivity contribution in [2.75, 3.05) is 0 Å². The van der Waals surface area contributed by atoms with Crippen LogP contribution < -0.4 is 0 Å². The second-order valence-corrected chi connectivity index (χ2v) is 11.4. The molecule has 0 spiro atoms. The van der Waals surface area contributed by atoms with E-state index in [9.17, 15) is 5.11 Å². The van der Waals surface area contributed by atoms with E-state index in [1.807, 2.05) is 12.1 Å². The van der Waals surface area contributed by atoms with Gasteiger partial charge in [-0.1, -0.05) is 81.5 Å². The van der Waals surface area contributed by atoms with Gasteiger partial charge in [-0.25, -0.2) is 11.6 Å². The fourth-order valence-electron chi connectivity index (χ4n) is 2.40. The molecule has 1 radical (unpaired) electrons. The molecule has 0 aromatic heterocycles. The van der Waals surface area contributed by atoms with Gasteiger partial charge in [0.15, 0.2) is 0 Å². The van der Waals surface area contributed by atoms with Crippen LogP contribution in [0.3, 0.4) is 0 Å². The third kappa shape index (κ3) is 14.9. The zero-order valence-corrected chi connectivity index (χ0v) is 25.3. The summed E-state index contributed by atoms with van der Waals surface area (Å²) in [6.45, 7) is 24.0. The van der Waals surface area contributed by atoms with Gasteiger partial charge in [0.2, 0.25) is 0 Å². The van der Waals surface area contributed by atoms with E-state index < -0.39 is 0 Å². The molecule has 1 aliphatic rings. The van der Waals surface area contributed by atoms with Crippen LogP contribution in [-0.2, 0) is 32.5 Å². The Balaban J connectivity index is -0.000000195. The number of hydrogen-bond donors (Lipinski definition) is 1. The number of phenols is 1. The molecule has 0 heterocycles. The molecule has 0 bridgehead atoms. The van der Waals surface area contributed by atoms with Crippen LogP contribution in [0.2, 0.25) is 13.1 Å². The van der Waals surface area contributed by atoms with Gasteiger partial charge >= 0.3 is 0 Å². The molecule has 0 saturated heterocycles. The molecule has 30 heavy (non-hydrogen) atoms. The van der Waals surface area contributed by atoms with Crippen LogP contribution >= 0.6 is 24.8 Å². The average Bonchev–Trinajstić information content (AvgIpc) is 3.00. The molecule has 0 unspecified atom stereocenters. The largest absolute Gasteiger partial charge is 0.508 e. The maximum absolute atomic E-state index is 9.72. The van der Waals surface area contributed by atoms with Gasteiger partial charge < -0.3 is 5.11 Å². The summed E-state index contributed by atoms with van der Waals surface area (Å²) in [5, 5.41) is 9.72. The summed E-state index contributed by atoms with van der Waals surface area (Å²) in [5.41, 5.74) is 4.19. The van der Waals surface area contributed by atoms with E-state index in [2.05, 4.69) is 99.7 Å². The smallest absolute Gasteiger partial charge is 0.116 e. The number of rotatable bonds is 0. The van der Waals surface area contributed by atoms with Crippen LogP contribution in [0.4, 0.5) is 0 Å².